The standard InChI is InChI=1S/C26H18Cl3F2N3S/c1-26(2,17-4-7-20(27)22(29)10-17)24-13-33-25(35-14-15-3-5-18(30)11-21(15)28)34(24)19-6-8-23(31)16(9-19)12-32/h3-11,13H,14H2,1-2H3. The number of hydrogen-bond acceptors (Lipinski definition) is 3. The number of benzene rings is 3. The minimum Gasteiger partial charge on any atom is -0.291 e. The maximum atomic E-state index is 14.1. The van der Waals surface area contributed by atoms with Crippen LogP contribution < -0.4 is 0 Å². The van der Waals surface area contributed by atoms with Crippen molar-refractivity contribution >= 4 is 46.6 Å². The monoisotopic (exact) mass is 547 g/mol. The highest BCUT2D eigenvalue weighted by Gasteiger charge is 2.30. The normalized spacial score (nSPS) is 11.5. The Morgan fingerprint density at radius 2 is 1.74 bits per heavy atom. The molecule has 0 atom stereocenters. The molecule has 0 aliphatic rings. The van der Waals surface area contributed by atoms with E-state index >= 15 is 0 Å². The third-order valence-electron chi connectivity index (χ3n) is 5.71. The predicted molar refractivity (Wildman–Crippen MR) is 138 cm³/mol. The first kappa shape index (κ1) is 25.5. The van der Waals surface area contributed by atoms with Crippen LogP contribution in [0.2, 0.25) is 15.1 Å². The lowest BCUT2D eigenvalue weighted by Gasteiger charge is -2.28. The number of imidazole rings is 1. The Labute approximate surface area is 221 Å². The molecule has 0 amide bonds. The third kappa shape index (κ3) is 5.19. The number of thioether (sulfide) groups is 1. The maximum Gasteiger partial charge on any atom is 0.173 e. The van der Waals surface area contributed by atoms with Crippen LogP contribution >= 0.6 is 46.6 Å². The Morgan fingerprint density at radius 3 is 2.43 bits per heavy atom. The van der Waals surface area contributed by atoms with E-state index in [-0.39, 0.29) is 5.56 Å². The molecule has 4 rings (SSSR count). The lowest BCUT2D eigenvalue weighted by atomic mass is 9.81. The molecule has 0 bridgehead atoms. The third-order valence-corrected chi connectivity index (χ3v) is 7.80. The van der Waals surface area contributed by atoms with Gasteiger partial charge in [0.05, 0.1) is 27.5 Å². The molecule has 178 valence electrons. The van der Waals surface area contributed by atoms with Crippen LogP contribution in [0.15, 0.2) is 66.0 Å². The van der Waals surface area contributed by atoms with Crippen LogP contribution in [0.4, 0.5) is 8.78 Å². The Morgan fingerprint density at radius 1 is 0.971 bits per heavy atom. The Hall–Kier alpha value is -2.56. The number of rotatable bonds is 6. The van der Waals surface area contributed by atoms with Crippen molar-refractivity contribution in [3.8, 4) is 11.8 Å². The summed E-state index contributed by atoms with van der Waals surface area (Å²) in [6.45, 7) is 4.03. The second-order valence-electron chi connectivity index (χ2n) is 8.32. The zero-order valence-corrected chi connectivity index (χ0v) is 21.7. The van der Waals surface area contributed by atoms with Crippen molar-refractivity contribution in [2.75, 3.05) is 0 Å². The fourth-order valence-corrected chi connectivity index (χ4v) is 5.29. The van der Waals surface area contributed by atoms with Gasteiger partial charge in [-0.05, 0) is 53.6 Å². The van der Waals surface area contributed by atoms with Crippen LogP contribution in [-0.2, 0) is 11.2 Å². The van der Waals surface area contributed by atoms with E-state index in [1.165, 1.54) is 36.0 Å². The molecule has 35 heavy (non-hydrogen) atoms. The molecular formula is C26H18Cl3F2N3S. The van der Waals surface area contributed by atoms with Gasteiger partial charge in [0.1, 0.15) is 17.7 Å². The quantitative estimate of drug-likeness (QED) is 0.227. The van der Waals surface area contributed by atoms with E-state index in [0.717, 1.165) is 16.8 Å². The van der Waals surface area contributed by atoms with Gasteiger partial charge in [0.25, 0.3) is 0 Å². The summed E-state index contributed by atoms with van der Waals surface area (Å²) < 4.78 is 29.5. The number of halogens is 5. The first-order valence-electron chi connectivity index (χ1n) is 10.4. The molecule has 0 aliphatic carbocycles. The van der Waals surface area contributed by atoms with Gasteiger partial charge in [-0.2, -0.15) is 5.26 Å². The van der Waals surface area contributed by atoms with Gasteiger partial charge in [0, 0.05) is 21.9 Å². The molecule has 3 aromatic carbocycles. The predicted octanol–water partition coefficient (Wildman–Crippen LogP) is 8.60. The van der Waals surface area contributed by atoms with E-state index < -0.39 is 17.0 Å². The van der Waals surface area contributed by atoms with Gasteiger partial charge in [-0.3, -0.25) is 4.57 Å². The molecule has 1 aromatic heterocycles. The van der Waals surface area contributed by atoms with Crippen molar-refractivity contribution in [1.29, 1.82) is 5.26 Å². The second-order valence-corrected chi connectivity index (χ2v) is 10.5. The largest absolute Gasteiger partial charge is 0.291 e. The summed E-state index contributed by atoms with van der Waals surface area (Å²) in [5.41, 5.74) is 2.35. The smallest absolute Gasteiger partial charge is 0.173 e. The van der Waals surface area contributed by atoms with Crippen molar-refractivity contribution in [3.05, 3.63) is 110 Å². The minimum atomic E-state index is -0.603. The summed E-state index contributed by atoms with van der Waals surface area (Å²) in [5, 5.41) is 11.2. The van der Waals surface area contributed by atoms with E-state index in [1.54, 1.807) is 30.5 Å². The van der Waals surface area contributed by atoms with Gasteiger partial charge in [0.2, 0.25) is 0 Å². The van der Waals surface area contributed by atoms with E-state index in [2.05, 4.69) is 4.98 Å². The molecule has 4 aromatic rings. The average molecular weight is 549 g/mol. The van der Waals surface area contributed by atoms with E-state index in [9.17, 15) is 14.0 Å². The first-order valence-corrected chi connectivity index (χ1v) is 12.5. The van der Waals surface area contributed by atoms with Gasteiger partial charge in [-0.25, -0.2) is 13.8 Å². The molecule has 0 N–H and O–H groups in total. The van der Waals surface area contributed by atoms with E-state index in [1.807, 2.05) is 30.6 Å². The summed E-state index contributed by atoms with van der Waals surface area (Å²) in [7, 11) is 0. The van der Waals surface area contributed by atoms with Crippen LogP contribution in [0.5, 0.6) is 0 Å². The van der Waals surface area contributed by atoms with Crippen LogP contribution in [0.1, 0.15) is 36.2 Å². The lowest BCUT2D eigenvalue weighted by molar-refractivity contribution is 0.591. The molecule has 0 saturated heterocycles. The molecule has 9 heteroatoms. The molecule has 1 heterocycles. The Kier molecular flexibility index (Phi) is 7.44. The molecule has 0 unspecified atom stereocenters. The van der Waals surface area contributed by atoms with Crippen LogP contribution in [0.25, 0.3) is 5.69 Å². The summed E-state index contributed by atoms with van der Waals surface area (Å²) in [5.74, 6) is -0.588. The molecule has 0 aliphatic heterocycles. The molecule has 0 saturated carbocycles. The molecule has 0 spiro atoms. The van der Waals surface area contributed by atoms with Gasteiger partial charge in [0.15, 0.2) is 5.16 Å². The summed E-state index contributed by atoms with van der Waals surface area (Å²) in [4.78, 5) is 4.64. The Balaban J connectivity index is 1.83. The SMILES string of the molecule is CC(C)(c1ccc(Cl)c(Cl)c1)c1cnc(SCc2ccc(F)cc2Cl)n1-c1ccc(F)c(C#N)c1. The van der Waals surface area contributed by atoms with Crippen molar-refractivity contribution in [3.63, 3.8) is 0 Å². The van der Waals surface area contributed by atoms with Crippen molar-refractivity contribution in [2.24, 2.45) is 0 Å². The Bertz CT molecular complexity index is 1460. The van der Waals surface area contributed by atoms with Crippen LogP contribution in [0, 0.1) is 23.0 Å². The second kappa shape index (κ2) is 10.2. The fraction of sp³-hybridized carbons (Fsp3) is 0.154. The highest BCUT2D eigenvalue weighted by molar-refractivity contribution is 7.98. The zero-order chi connectivity index (χ0) is 25.3. The average Bonchev–Trinajstić information content (AvgIpc) is 3.25. The summed E-state index contributed by atoms with van der Waals surface area (Å²) in [6, 6.07) is 15.9. The topological polar surface area (TPSA) is 41.6 Å². The van der Waals surface area contributed by atoms with Gasteiger partial charge < -0.3 is 0 Å². The zero-order valence-electron chi connectivity index (χ0n) is 18.6. The van der Waals surface area contributed by atoms with Crippen LogP contribution in [0.3, 0.4) is 0 Å². The maximum absolute atomic E-state index is 14.1. The van der Waals surface area contributed by atoms with Gasteiger partial charge in [-0.15, -0.1) is 0 Å². The fourth-order valence-electron chi connectivity index (χ4n) is 3.68. The lowest BCUT2D eigenvalue weighted by Crippen LogP contribution is -2.23. The van der Waals surface area contributed by atoms with Crippen LogP contribution in [-0.4, -0.2) is 9.55 Å². The van der Waals surface area contributed by atoms with Crippen molar-refractivity contribution in [1.82, 2.24) is 9.55 Å². The number of hydrogen-bond donors (Lipinski definition) is 0. The highest BCUT2D eigenvalue weighted by Crippen LogP contribution is 2.39. The van der Waals surface area contributed by atoms with Gasteiger partial charge in [-0.1, -0.05) is 72.5 Å². The van der Waals surface area contributed by atoms with E-state index in [4.69, 9.17) is 34.8 Å². The molecule has 0 radical (unpaired) electrons. The summed E-state index contributed by atoms with van der Waals surface area (Å²) in [6.07, 6.45) is 1.74. The first-order chi connectivity index (χ1) is 16.6. The van der Waals surface area contributed by atoms with E-state index in [0.29, 0.717) is 31.7 Å². The minimum absolute atomic E-state index is 0.0768. The van der Waals surface area contributed by atoms with Crippen molar-refractivity contribution in [2.45, 2.75) is 30.2 Å². The number of nitriles is 1. The highest BCUT2D eigenvalue weighted by atomic mass is 35.5. The van der Waals surface area contributed by atoms with Crippen molar-refractivity contribution < 1.29 is 8.78 Å². The number of nitrogens with zero attached hydrogens (tertiary/aromatic N) is 3. The number of aromatic nitrogens is 2. The van der Waals surface area contributed by atoms with Gasteiger partial charge >= 0.3 is 0 Å². The molecule has 0 fully saturated rings. The molecular weight excluding hydrogens is 531 g/mol. The molecule has 3 nitrogen and oxygen atoms in total. The summed E-state index contributed by atoms with van der Waals surface area (Å²) >= 11 is 20.0.